The SMILES string of the molecule is CCC(=O)N1CCC(NC(=NC)NCc2nccn2CCc2ccccc2)C1. The van der Waals surface area contributed by atoms with Gasteiger partial charge in [-0.3, -0.25) is 9.79 Å². The lowest BCUT2D eigenvalue weighted by molar-refractivity contribution is -0.129. The fourth-order valence-electron chi connectivity index (χ4n) is 3.48. The Hall–Kier alpha value is -2.83. The summed E-state index contributed by atoms with van der Waals surface area (Å²) in [5.41, 5.74) is 1.32. The first-order chi connectivity index (χ1) is 13.7. The number of hydrogen-bond acceptors (Lipinski definition) is 3. The Morgan fingerprint density at radius 3 is 2.89 bits per heavy atom. The lowest BCUT2D eigenvalue weighted by Gasteiger charge is -2.19. The van der Waals surface area contributed by atoms with Crippen molar-refractivity contribution in [1.29, 1.82) is 0 Å². The maximum atomic E-state index is 11.8. The Bertz CT molecular complexity index is 785. The predicted molar refractivity (Wildman–Crippen MR) is 111 cm³/mol. The average Bonchev–Trinajstić information content (AvgIpc) is 3.39. The molecule has 1 unspecified atom stereocenters. The molecule has 1 saturated heterocycles. The third kappa shape index (κ3) is 5.34. The molecule has 150 valence electrons. The number of amides is 1. The number of imidazole rings is 1. The monoisotopic (exact) mass is 382 g/mol. The molecule has 2 aromatic rings. The van der Waals surface area contributed by atoms with E-state index in [1.54, 1.807) is 7.05 Å². The van der Waals surface area contributed by atoms with Crippen LogP contribution in [0.15, 0.2) is 47.7 Å². The zero-order valence-electron chi connectivity index (χ0n) is 16.8. The highest BCUT2D eigenvalue weighted by Crippen LogP contribution is 2.10. The van der Waals surface area contributed by atoms with Gasteiger partial charge in [-0.1, -0.05) is 37.3 Å². The van der Waals surface area contributed by atoms with Crippen molar-refractivity contribution in [2.75, 3.05) is 20.1 Å². The normalized spacial score (nSPS) is 17.0. The molecule has 1 fully saturated rings. The highest BCUT2D eigenvalue weighted by Gasteiger charge is 2.25. The number of carbonyl (C=O) groups is 1. The molecule has 1 aliphatic rings. The van der Waals surface area contributed by atoms with Crippen LogP contribution in [0.2, 0.25) is 0 Å². The zero-order valence-corrected chi connectivity index (χ0v) is 16.8. The van der Waals surface area contributed by atoms with Crippen molar-refractivity contribution in [3.63, 3.8) is 0 Å². The molecule has 1 aromatic heterocycles. The summed E-state index contributed by atoms with van der Waals surface area (Å²) in [7, 11) is 1.77. The lowest BCUT2D eigenvalue weighted by atomic mass is 10.1. The molecule has 2 N–H and O–H groups in total. The number of hydrogen-bond donors (Lipinski definition) is 2. The van der Waals surface area contributed by atoms with E-state index >= 15 is 0 Å². The number of nitrogens with zero attached hydrogens (tertiary/aromatic N) is 4. The van der Waals surface area contributed by atoms with Gasteiger partial charge < -0.3 is 20.1 Å². The minimum Gasteiger partial charge on any atom is -0.352 e. The van der Waals surface area contributed by atoms with Crippen molar-refractivity contribution in [2.45, 2.75) is 45.3 Å². The second-order valence-corrected chi connectivity index (χ2v) is 7.02. The van der Waals surface area contributed by atoms with Gasteiger partial charge in [0, 0.05) is 51.5 Å². The van der Waals surface area contributed by atoms with Crippen molar-refractivity contribution in [3.8, 4) is 0 Å². The zero-order chi connectivity index (χ0) is 19.8. The summed E-state index contributed by atoms with van der Waals surface area (Å²) >= 11 is 0. The van der Waals surface area contributed by atoms with Crippen molar-refractivity contribution < 1.29 is 4.79 Å². The van der Waals surface area contributed by atoms with Crippen molar-refractivity contribution in [2.24, 2.45) is 4.99 Å². The van der Waals surface area contributed by atoms with Gasteiger partial charge in [-0.15, -0.1) is 0 Å². The number of aryl methyl sites for hydroxylation is 2. The molecule has 28 heavy (non-hydrogen) atoms. The van der Waals surface area contributed by atoms with Crippen LogP contribution in [0, 0.1) is 0 Å². The molecule has 0 radical (unpaired) electrons. The van der Waals surface area contributed by atoms with Crippen LogP contribution in [-0.4, -0.2) is 52.5 Å². The van der Waals surface area contributed by atoms with Gasteiger partial charge in [0.1, 0.15) is 5.82 Å². The molecule has 1 amide bonds. The molecular formula is C21H30N6O. The van der Waals surface area contributed by atoms with Crippen LogP contribution in [0.3, 0.4) is 0 Å². The van der Waals surface area contributed by atoms with Crippen molar-refractivity contribution >= 4 is 11.9 Å². The fraction of sp³-hybridized carbons (Fsp3) is 0.476. The van der Waals surface area contributed by atoms with Crippen LogP contribution in [-0.2, 0) is 24.3 Å². The molecule has 1 atom stereocenters. The molecule has 0 bridgehead atoms. The van der Waals surface area contributed by atoms with Gasteiger partial charge >= 0.3 is 0 Å². The van der Waals surface area contributed by atoms with Gasteiger partial charge in [0.2, 0.25) is 5.91 Å². The van der Waals surface area contributed by atoms with Crippen LogP contribution in [0.5, 0.6) is 0 Å². The largest absolute Gasteiger partial charge is 0.352 e. The number of nitrogens with one attached hydrogen (secondary N) is 2. The van der Waals surface area contributed by atoms with Gasteiger partial charge in [0.15, 0.2) is 5.96 Å². The van der Waals surface area contributed by atoms with Gasteiger partial charge in [0.05, 0.1) is 6.54 Å². The van der Waals surface area contributed by atoms with Crippen molar-refractivity contribution in [1.82, 2.24) is 25.1 Å². The fourth-order valence-corrected chi connectivity index (χ4v) is 3.48. The van der Waals surface area contributed by atoms with E-state index < -0.39 is 0 Å². The smallest absolute Gasteiger partial charge is 0.222 e. The third-order valence-electron chi connectivity index (χ3n) is 5.11. The topological polar surface area (TPSA) is 74.6 Å². The second-order valence-electron chi connectivity index (χ2n) is 7.02. The third-order valence-corrected chi connectivity index (χ3v) is 5.11. The van der Waals surface area contributed by atoms with Crippen LogP contribution >= 0.6 is 0 Å². The Morgan fingerprint density at radius 2 is 2.14 bits per heavy atom. The summed E-state index contributed by atoms with van der Waals surface area (Å²) < 4.78 is 2.17. The number of likely N-dealkylation sites (tertiary alicyclic amines) is 1. The number of aliphatic imine (C=N–C) groups is 1. The number of carbonyl (C=O) groups excluding carboxylic acids is 1. The molecule has 7 heteroatoms. The quantitative estimate of drug-likeness (QED) is 0.566. The van der Waals surface area contributed by atoms with Crippen LogP contribution in [0.25, 0.3) is 0 Å². The number of guanidine groups is 1. The Balaban J connectivity index is 1.48. The summed E-state index contributed by atoms with van der Waals surface area (Å²) in [6.45, 7) is 4.95. The van der Waals surface area contributed by atoms with E-state index in [2.05, 4.69) is 49.4 Å². The minimum atomic E-state index is 0.215. The molecule has 1 aliphatic heterocycles. The molecular weight excluding hydrogens is 352 g/mol. The highest BCUT2D eigenvalue weighted by atomic mass is 16.2. The van der Waals surface area contributed by atoms with Gasteiger partial charge in [0.25, 0.3) is 0 Å². The van der Waals surface area contributed by atoms with Gasteiger partial charge in [-0.25, -0.2) is 4.98 Å². The molecule has 2 heterocycles. The first kappa shape index (κ1) is 19.9. The molecule has 7 nitrogen and oxygen atoms in total. The standard InChI is InChI=1S/C21H30N6O/c1-3-20(28)27-13-10-18(16-27)25-21(22-2)24-15-19-23-11-14-26(19)12-9-17-7-5-4-6-8-17/h4-8,11,14,18H,3,9-10,12-13,15-16H2,1-2H3,(H2,22,24,25). The molecule has 0 aliphatic carbocycles. The van der Waals surface area contributed by atoms with Crippen LogP contribution in [0.4, 0.5) is 0 Å². The summed E-state index contributed by atoms with van der Waals surface area (Å²) in [5, 5.41) is 6.77. The Morgan fingerprint density at radius 1 is 1.32 bits per heavy atom. The average molecular weight is 383 g/mol. The summed E-state index contributed by atoms with van der Waals surface area (Å²) in [6, 6.07) is 10.7. The van der Waals surface area contributed by atoms with Gasteiger partial charge in [-0.2, -0.15) is 0 Å². The van der Waals surface area contributed by atoms with E-state index in [-0.39, 0.29) is 11.9 Å². The molecule has 3 rings (SSSR count). The van der Waals surface area contributed by atoms with E-state index in [4.69, 9.17) is 0 Å². The first-order valence-electron chi connectivity index (χ1n) is 9.98. The van der Waals surface area contributed by atoms with E-state index in [1.807, 2.05) is 30.3 Å². The molecule has 0 spiro atoms. The maximum absolute atomic E-state index is 11.8. The van der Waals surface area contributed by atoms with Gasteiger partial charge in [-0.05, 0) is 18.4 Å². The second kappa shape index (κ2) is 9.92. The maximum Gasteiger partial charge on any atom is 0.222 e. The van der Waals surface area contributed by atoms with E-state index in [0.29, 0.717) is 13.0 Å². The van der Waals surface area contributed by atoms with Crippen molar-refractivity contribution in [3.05, 3.63) is 54.1 Å². The molecule has 0 saturated carbocycles. The predicted octanol–water partition coefficient (Wildman–Crippen LogP) is 1.80. The summed E-state index contributed by atoms with van der Waals surface area (Å²) in [5.74, 6) is 1.94. The van der Waals surface area contributed by atoms with Crippen LogP contribution < -0.4 is 10.6 Å². The molecule has 1 aromatic carbocycles. The Labute approximate surface area is 166 Å². The Kier molecular flexibility index (Phi) is 7.06. The van der Waals surface area contributed by atoms with E-state index in [9.17, 15) is 4.79 Å². The number of rotatable bonds is 7. The van der Waals surface area contributed by atoms with E-state index in [1.165, 1.54) is 5.56 Å². The van der Waals surface area contributed by atoms with E-state index in [0.717, 1.165) is 44.3 Å². The number of benzene rings is 1. The van der Waals surface area contributed by atoms with Crippen LogP contribution in [0.1, 0.15) is 31.2 Å². The summed E-state index contributed by atoms with van der Waals surface area (Å²) in [6.07, 6.45) is 6.33. The lowest BCUT2D eigenvalue weighted by Crippen LogP contribution is -2.45. The summed E-state index contributed by atoms with van der Waals surface area (Å²) in [4.78, 5) is 22.6. The first-order valence-corrected chi connectivity index (χ1v) is 9.98. The highest BCUT2D eigenvalue weighted by molar-refractivity contribution is 5.80. The number of aromatic nitrogens is 2. The minimum absolute atomic E-state index is 0.215.